The van der Waals surface area contributed by atoms with Gasteiger partial charge in [0.2, 0.25) is 0 Å². The number of amides is 3. The Morgan fingerprint density at radius 2 is 1.62 bits per heavy atom. The maximum atomic E-state index is 11.7. The summed E-state index contributed by atoms with van der Waals surface area (Å²) >= 11 is 3.31. The Kier molecular flexibility index (Phi) is 5.22. The SMILES string of the molecule is O=C(/C=N/C(=O)Nc1ccccc1)Nc1ccccc1Br. The van der Waals surface area contributed by atoms with Crippen molar-refractivity contribution in [1.82, 2.24) is 0 Å². The van der Waals surface area contributed by atoms with Crippen molar-refractivity contribution in [2.45, 2.75) is 0 Å². The summed E-state index contributed by atoms with van der Waals surface area (Å²) in [5.74, 6) is -0.481. The summed E-state index contributed by atoms with van der Waals surface area (Å²) in [6, 6.07) is 15.4. The standard InChI is InChI=1S/C15H12BrN3O2/c16-12-8-4-5-9-13(12)19-14(20)10-17-15(21)18-11-6-2-1-3-7-11/h1-10H,(H,18,21)(H,19,20)/b17-10+. The van der Waals surface area contributed by atoms with Crippen molar-refractivity contribution in [3.05, 3.63) is 59.1 Å². The molecule has 2 aromatic carbocycles. The lowest BCUT2D eigenvalue weighted by Crippen LogP contribution is -2.15. The molecule has 0 atom stereocenters. The fraction of sp³-hybridized carbons (Fsp3) is 0. The Hall–Kier alpha value is -2.47. The van der Waals surface area contributed by atoms with Crippen LogP contribution in [0, 0.1) is 0 Å². The topological polar surface area (TPSA) is 70.6 Å². The summed E-state index contributed by atoms with van der Waals surface area (Å²) in [6.07, 6.45) is 0.942. The number of halogens is 1. The first kappa shape index (κ1) is 14.9. The van der Waals surface area contributed by atoms with Crippen molar-refractivity contribution in [3.63, 3.8) is 0 Å². The van der Waals surface area contributed by atoms with Crippen molar-refractivity contribution in [3.8, 4) is 0 Å². The molecule has 0 heterocycles. The monoisotopic (exact) mass is 345 g/mol. The highest BCUT2D eigenvalue weighted by Crippen LogP contribution is 2.20. The second-order valence-electron chi connectivity index (χ2n) is 4.02. The highest BCUT2D eigenvalue weighted by Gasteiger charge is 2.03. The average Bonchev–Trinajstić information content (AvgIpc) is 2.49. The predicted octanol–water partition coefficient (Wildman–Crippen LogP) is 3.69. The Balaban J connectivity index is 1.90. The third kappa shape index (κ3) is 4.85. The smallest absolute Gasteiger partial charge is 0.320 e. The van der Waals surface area contributed by atoms with Crippen LogP contribution in [-0.2, 0) is 4.79 Å². The summed E-state index contributed by atoms with van der Waals surface area (Å²) in [6.45, 7) is 0. The minimum Gasteiger partial charge on any atom is -0.320 e. The number of carbonyl (C=O) groups excluding carboxylic acids is 2. The number of carbonyl (C=O) groups is 2. The second kappa shape index (κ2) is 7.35. The summed E-state index contributed by atoms with van der Waals surface area (Å²) in [5, 5.41) is 5.16. The highest BCUT2D eigenvalue weighted by molar-refractivity contribution is 9.10. The molecule has 5 nitrogen and oxygen atoms in total. The number of nitrogens with zero attached hydrogens (tertiary/aromatic N) is 1. The average molecular weight is 346 g/mol. The van der Waals surface area contributed by atoms with Crippen LogP contribution in [0.5, 0.6) is 0 Å². The molecule has 0 saturated carbocycles. The van der Waals surface area contributed by atoms with Crippen LogP contribution in [0.3, 0.4) is 0 Å². The first-order valence-corrected chi connectivity index (χ1v) is 6.90. The van der Waals surface area contributed by atoms with Gasteiger partial charge in [-0.2, -0.15) is 4.99 Å². The number of aliphatic imine (C=N–C) groups is 1. The number of rotatable bonds is 3. The molecule has 2 rings (SSSR count). The third-order valence-electron chi connectivity index (χ3n) is 2.46. The molecule has 3 amide bonds. The van der Waals surface area contributed by atoms with Gasteiger partial charge in [0.1, 0.15) is 0 Å². The molecule has 0 fully saturated rings. The quantitative estimate of drug-likeness (QED) is 0.832. The van der Waals surface area contributed by atoms with Crippen molar-refractivity contribution >= 4 is 45.5 Å². The van der Waals surface area contributed by atoms with Gasteiger partial charge in [-0.15, -0.1) is 0 Å². The van der Waals surface area contributed by atoms with E-state index >= 15 is 0 Å². The van der Waals surface area contributed by atoms with Gasteiger partial charge in [-0.05, 0) is 40.2 Å². The van der Waals surface area contributed by atoms with Crippen LogP contribution in [0.1, 0.15) is 0 Å². The number of anilines is 2. The molecule has 6 heteroatoms. The van der Waals surface area contributed by atoms with Gasteiger partial charge >= 0.3 is 6.03 Å². The molecule has 0 aliphatic rings. The molecule has 0 spiro atoms. The van der Waals surface area contributed by atoms with Gasteiger partial charge in [0.05, 0.1) is 11.9 Å². The maximum Gasteiger partial charge on any atom is 0.345 e. The van der Waals surface area contributed by atoms with E-state index in [9.17, 15) is 9.59 Å². The summed E-state index contributed by atoms with van der Waals surface area (Å²) in [4.78, 5) is 26.7. The zero-order valence-corrected chi connectivity index (χ0v) is 12.5. The molecule has 21 heavy (non-hydrogen) atoms. The van der Waals surface area contributed by atoms with Gasteiger partial charge in [0, 0.05) is 10.2 Å². The number of urea groups is 1. The summed E-state index contributed by atoms with van der Waals surface area (Å²) in [7, 11) is 0. The van der Waals surface area contributed by atoms with Crippen LogP contribution < -0.4 is 10.6 Å². The van der Waals surface area contributed by atoms with E-state index < -0.39 is 11.9 Å². The molecule has 2 N–H and O–H groups in total. The molecule has 0 aliphatic heterocycles. The van der Waals surface area contributed by atoms with Gasteiger partial charge in [0.15, 0.2) is 0 Å². The summed E-state index contributed by atoms with van der Waals surface area (Å²) in [5.41, 5.74) is 1.23. The van der Waals surface area contributed by atoms with Gasteiger partial charge in [-0.25, -0.2) is 4.79 Å². The molecular formula is C15H12BrN3O2. The molecule has 106 valence electrons. The van der Waals surface area contributed by atoms with Gasteiger partial charge in [0.25, 0.3) is 5.91 Å². The number of para-hydroxylation sites is 2. The van der Waals surface area contributed by atoms with E-state index in [1.807, 2.05) is 12.1 Å². The van der Waals surface area contributed by atoms with E-state index in [4.69, 9.17) is 0 Å². The molecule has 0 aliphatic carbocycles. The largest absolute Gasteiger partial charge is 0.345 e. The van der Waals surface area contributed by atoms with Gasteiger partial charge in [-0.1, -0.05) is 30.3 Å². The molecule has 0 bridgehead atoms. The Bertz CT molecular complexity index is 672. The molecule has 0 aromatic heterocycles. The van der Waals surface area contributed by atoms with Crippen molar-refractivity contribution in [1.29, 1.82) is 0 Å². The normalized spacial score (nSPS) is 10.3. The lowest BCUT2D eigenvalue weighted by molar-refractivity contribution is -0.110. The molecule has 0 saturated heterocycles. The zero-order chi connectivity index (χ0) is 15.1. The second-order valence-corrected chi connectivity index (χ2v) is 4.88. The molecular weight excluding hydrogens is 334 g/mol. The first-order chi connectivity index (χ1) is 10.1. The van der Waals surface area contributed by atoms with Crippen LogP contribution in [0.25, 0.3) is 0 Å². The van der Waals surface area contributed by atoms with Crippen LogP contribution in [0.4, 0.5) is 16.2 Å². The zero-order valence-electron chi connectivity index (χ0n) is 10.9. The minimum atomic E-state index is -0.608. The maximum absolute atomic E-state index is 11.7. The highest BCUT2D eigenvalue weighted by atomic mass is 79.9. The van der Waals surface area contributed by atoms with Crippen LogP contribution in [0.2, 0.25) is 0 Å². The molecule has 2 aromatic rings. The Morgan fingerprint density at radius 1 is 0.952 bits per heavy atom. The number of nitrogens with one attached hydrogen (secondary N) is 2. The third-order valence-corrected chi connectivity index (χ3v) is 3.15. The summed E-state index contributed by atoms with van der Waals surface area (Å²) < 4.78 is 0.750. The van der Waals surface area contributed by atoms with Crippen LogP contribution in [-0.4, -0.2) is 18.2 Å². The van der Waals surface area contributed by atoms with Crippen LogP contribution in [0.15, 0.2) is 64.1 Å². The van der Waals surface area contributed by atoms with Crippen LogP contribution >= 0.6 is 15.9 Å². The lowest BCUT2D eigenvalue weighted by atomic mass is 10.3. The Labute approximate surface area is 130 Å². The van der Waals surface area contributed by atoms with E-state index in [2.05, 4.69) is 31.6 Å². The van der Waals surface area contributed by atoms with Gasteiger partial charge < -0.3 is 10.6 Å². The van der Waals surface area contributed by atoms with E-state index in [1.165, 1.54) is 0 Å². The van der Waals surface area contributed by atoms with Crippen molar-refractivity contribution in [2.24, 2.45) is 4.99 Å². The fourth-order valence-electron chi connectivity index (χ4n) is 1.52. The van der Waals surface area contributed by atoms with Gasteiger partial charge in [-0.3, -0.25) is 4.79 Å². The first-order valence-electron chi connectivity index (χ1n) is 6.11. The van der Waals surface area contributed by atoms with E-state index in [1.54, 1.807) is 42.5 Å². The molecule has 0 radical (unpaired) electrons. The van der Waals surface area contributed by atoms with Crippen molar-refractivity contribution < 1.29 is 9.59 Å². The van der Waals surface area contributed by atoms with Crippen molar-refractivity contribution in [2.75, 3.05) is 10.6 Å². The Morgan fingerprint density at radius 3 is 2.33 bits per heavy atom. The van der Waals surface area contributed by atoms with E-state index in [0.717, 1.165) is 10.7 Å². The van der Waals surface area contributed by atoms with E-state index in [-0.39, 0.29) is 0 Å². The molecule has 0 unspecified atom stereocenters. The number of hydrogen-bond donors (Lipinski definition) is 2. The minimum absolute atomic E-state index is 0.481. The number of hydrogen-bond acceptors (Lipinski definition) is 2. The predicted molar refractivity (Wildman–Crippen MR) is 86.7 cm³/mol. The fourth-order valence-corrected chi connectivity index (χ4v) is 1.91. The lowest BCUT2D eigenvalue weighted by Gasteiger charge is -2.03. The van der Waals surface area contributed by atoms with E-state index in [0.29, 0.717) is 11.4 Å². The number of benzene rings is 2.